The lowest BCUT2D eigenvalue weighted by Gasteiger charge is -2.16. The summed E-state index contributed by atoms with van der Waals surface area (Å²) in [6.07, 6.45) is 13.1. The first-order valence-electron chi connectivity index (χ1n) is 10.1. The normalized spacial score (nSPS) is 11.6. The summed E-state index contributed by atoms with van der Waals surface area (Å²) >= 11 is 0. The lowest BCUT2D eigenvalue weighted by molar-refractivity contribution is 0.130. The Morgan fingerprint density at radius 2 is 1.39 bits per heavy atom. The van der Waals surface area contributed by atoms with Gasteiger partial charge >= 0.3 is 0 Å². The highest BCUT2D eigenvalue weighted by atomic mass is 28.3. The molecule has 136 valence electrons. The SMILES string of the molecule is CCCOCCCCCCCCCCC#C[Si](C)(C)CC(C)C. The van der Waals surface area contributed by atoms with Gasteiger partial charge in [0.25, 0.3) is 0 Å². The lowest BCUT2D eigenvalue weighted by Crippen LogP contribution is -2.25. The van der Waals surface area contributed by atoms with Crippen LogP contribution in [0.25, 0.3) is 0 Å². The molecule has 0 aliphatic heterocycles. The van der Waals surface area contributed by atoms with Gasteiger partial charge in [-0.25, -0.2) is 0 Å². The molecule has 0 saturated carbocycles. The van der Waals surface area contributed by atoms with Crippen LogP contribution >= 0.6 is 0 Å². The van der Waals surface area contributed by atoms with Crippen LogP contribution in [-0.2, 0) is 4.74 Å². The zero-order valence-corrected chi connectivity index (χ0v) is 17.7. The van der Waals surface area contributed by atoms with Gasteiger partial charge in [-0.15, -0.1) is 11.5 Å². The van der Waals surface area contributed by atoms with Crippen LogP contribution in [-0.4, -0.2) is 21.3 Å². The summed E-state index contributed by atoms with van der Waals surface area (Å²) in [7, 11) is -1.24. The van der Waals surface area contributed by atoms with E-state index in [9.17, 15) is 0 Å². The third-order valence-electron chi connectivity index (χ3n) is 4.03. The summed E-state index contributed by atoms with van der Waals surface area (Å²) in [5.74, 6) is 4.26. The fraction of sp³-hybridized carbons (Fsp3) is 0.905. The maximum atomic E-state index is 5.50. The van der Waals surface area contributed by atoms with Crippen molar-refractivity contribution in [1.82, 2.24) is 0 Å². The van der Waals surface area contributed by atoms with E-state index in [-0.39, 0.29) is 0 Å². The average molecular weight is 339 g/mol. The molecule has 0 aromatic carbocycles. The van der Waals surface area contributed by atoms with E-state index in [2.05, 4.69) is 45.3 Å². The van der Waals surface area contributed by atoms with Crippen molar-refractivity contribution in [3.05, 3.63) is 0 Å². The maximum Gasteiger partial charge on any atom is 0.132 e. The first kappa shape index (κ1) is 22.7. The van der Waals surface area contributed by atoms with E-state index in [0.717, 1.165) is 32.0 Å². The van der Waals surface area contributed by atoms with Gasteiger partial charge in [-0.05, 0) is 31.2 Å². The standard InChI is InChI=1S/C21H42OSi/c1-6-17-22-18-15-13-11-9-7-8-10-12-14-16-19-23(4,5)20-21(2)3/h21H,6-15,17-18,20H2,1-5H3. The molecule has 0 amide bonds. The van der Waals surface area contributed by atoms with Crippen molar-refractivity contribution in [1.29, 1.82) is 0 Å². The molecule has 1 nitrogen and oxygen atoms in total. The van der Waals surface area contributed by atoms with Crippen LogP contribution in [0.4, 0.5) is 0 Å². The molecule has 0 rings (SSSR count). The number of ether oxygens (including phenoxy) is 1. The van der Waals surface area contributed by atoms with E-state index < -0.39 is 8.07 Å². The molecule has 0 heterocycles. The molecule has 0 N–H and O–H groups in total. The van der Waals surface area contributed by atoms with Crippen LogP contribution in [0.1, 0.15) is 85.0 Å². The Bertz CT molecular complexity index is 312. The Balaban J connectivity index is 3.34. The fourth-order valence-corrected chi connectivity index (χ4v) is 5.84. The van der Waals surface area contributed by atoms with Crippen LogP contribution in [0.5, 0.6) is 0 Å². The van der Waals surface area contributed by atoms with E-state index in [4.69, 9.17) is 4.74 Å². The molecule has 0 bridgehead atoms. The molecular weight excluding hydrogens is 296 g/mol. The van der Waals surface area contributed by atoms with Gasteiger partial charge in [0.1, 0.15) is 8.07 Å². The highest BCUT2D eigenvalue weighted by Crippen LogP contribution is 2.15. The Hall–Kier alpha value is -0.263. The zero-order chi connectivity index (χ0) is 17.4. The van der Waals surface area contributed by atoms with Crippen LogP contribution < -0.4 is 0 Å². The highest BCUT2D eigenvalue weighted by Gasteiger charge is 2.18. The summed E-state index contributed by atoms with van der Waals surface area (Å²) in [5.41, 5.74) is 3.61. The second-order valence-electron chi connectivity index (χ2n) is 7.97. The van der Waals surface area contributed by atoms with Gasteiger partial charge in [0, 0.05) is 19.6 Å². The van der Waals surface area contributed by atoms with Gasteiger partial charge < -0.3 is 4.74 Å². The number of unbranched alkanes of at least 4 members (excludes halogenated alkanes) is 8. The van der Waals surface area contributed by atoms with E-state index in [1.165, 1.54) is 57.4 Å². The minimum atomic E-state index is -1.24. The van der Waals surface area contributed by atoms with E-state index in [0.29, 0.717) is 0 Å². The number of hydrogen-bond acceptors (Lipinski definition) is 1. The lowest BCUT2D eigenvalue weighted by atomic mass is 10.1. The smallest absolute Gasteiger partial charge is 0.132 e. The molecule has 0 unspecified atom stereocenters. The molecule has 0 aromatic heterocycles. The van der Waals surface area contributed by atoms with Crippen LogP contribution in [0, 0.1) is 17.4 Å². The molecule has 0 radical (unpaired) electrons. The largest absolute Gasteiger partial charge is 0.381 e. The summed E-state index contributed by atoms with van der Waals surface area (Å²) < 4.78 is 5.50. The maximum absolute atomic E-state index is 5.50. The third-order valence-corrected chi connectivity index (χ3v) is 6.72. The van der Waals surface area contributed by atoms with Gasteiger partial charge in [-0.1, -0.05) is 72.4 Å². The quantitative estimate of drug-likeness (QED) is 0.191. The van der Waals surface area contributed by atoms with Crippen molar-refractivity contribution in [2.24, 2.45) is 5.92 Å². The summed E-state index contributed by atoms with van der Waals surface area (Å²) in [5, 5.41) is 0. The van der Waals surface area contributed by atoms with Gasteiger partial charge in [-0.2, -0.15) is 0 Å². The van der Waals surface area contributed by atoms with E-state index in [1.54, 1.807) is 0 Å². The Morgan fingerprint density at radius 3 is 1.96 bits per heavy atom. The van der Waals surface area contributed by atoms with Crippen molar-refractivity contribution in [3.63, 3.8) is 0 Å². The summed E-state index contributed by atoms with van der Waals surface area (Å²) in [6.45, 7) is 13.5. The van der Waals surface area contributed by atoms with E-state index in [1.807, 2.05) is 0 Å². The first-order chi connectivity index (χ1) is 11.0. The Morgan fingerprint density at radius 1 is 0.826 bits per heavy atom. The first-order valence-corrected chi connectivity index (χ1v) is 13.3. The Labute approximate surface area is 148 Å². The number of rotatable bonds is 14. The summed E-state index contributed by atoms with van der Waals surface area (Å²) in [6, 6.07) is 1.34. The minimum absolute atomic E-state index is 0.796. The van der Waals surface area contributed by atoms with Gasteiger partial charge in [0.05, 0.1) is 0 Å². The average Bonchev–Trinajstić information content (AvgIpc) is 2.46. The zero-order valence-electron chi connectivity index (χ0n) is 16.7. The van der Waals surface area contributed by atoms with Crippen molar-refractivity contribution in [2.45, 2.75) is 104 Å². The Kier molecular flexibility index (Phi) is 15.1. The van der Waals surface area contributed by atoms with Gasteiger partial charge in [-0.3, -0.25) is 0 Å². The topological polar surface area (TPSA) is 9.23 Å². The van der Waals surface area contributed by atoms with E-state index >= 15 is 0 Å². The molecular formula is C21H42OSi. The monoisotopic (exact) mass is 338 g/mol. The molecule has 0 fully saturated rings. The third kappa shape index (κ3) is 17.9. The molecule has 0 spiro atoms. The van der Waals surface area contributed by atoms with Crippen LogP contribution in [0.2, 0.25) is 19.1 Å². The van der Waals surface area contributed by atoms with Gasteiger partial charge in [0.15, 0.2) is 0 Å². The number of hydrogen-bond donors (Lipinski definition) is 0. The summed E-state index contributed by atoms with van der Waals surface area (Å²) in [4.78, 5) is 0. The van der Waals surface area contributed by atoms with Crippen molar-refractivity contribution in [2.75, 3.05) is 13.2 Å². The molecule has 0 saturated heterocycles. The van der Waals surface area contributed by atoms with Crippen LogP contribution in [0.3, 0.4) is 0 Å². The molecule has 0 aliphatic rings. The fourth-order valence-electron chi connectivity index (χ4n) is 3.10. The molecule has 2 heteroatoms. The minimum Gasteiger partial charge on any atom is -0.381 e. The highest BCUT2D eigenvalue weighted by molar-refractivity contribution is 6.85. The second-order valence-corrected chi connectivity index (χ2v) is 12.4. The van der Waals surface area contributed by atoms with Crippen molar-refractivity contribution in [3.8, 4) is 11.5 Å². The molecule has 0 aliphatic carbocycles. The van der Waals surface area contributed by atoms with Crippen LogP contribution in [0.15, 0.2) is 0 Å². The predicted molar refractivity (Wildman–Crippen MR) is 108 cm³/mol. The van der Waals surface area contributed by atoms with Crippen molar-refractivity contribution >= 4 is 8.07 Å². The predicted octanol–water partition coefficient (Wildman–Crippen LogP) is 6.83. The van der Waals surface area contributed by atoms with Crippen molar-refractivity contribution < 1.29 is 4.74 Å². The second kappa shape index (κ2) is 15.3. The molecule has 0 atom stereocenters. The van der Waals surface area contributed by atoms with Gasteiger partial charge in [0.2, 0.25) is 0 Å². The molecule has 0 aromatic rings. The molecule has 23 heavy (non-hydrogen) atoms.